The zero-order valence-electron chi connectivity index (χ0n) is 6.35. The summed E-state index contributed by atoms with van der Waals surface area (Å²) in [5, 5.41) is -0.00259. The van der Waals surface area contributed by atoms with Crippen molar-refractivity contribution in [3.8, 4) is 0 Å². The number of alkyl halides is 3. The van der Waals surface area contributed by atoms with E-state index in [1.807, 2.05) is 0 Å². The molecule has 0 spiro atoms. The summed E-state index contributed by atoms with van der Waals surface area (Å²) in [6.45, 7) is 0. The quantitative estimate of drug-likeness (QED) is 0.723. The molecule has 1 aromatic rings. The van der Waals surface area contributed by atoms with Crippen molar-refractivity contribution in [2.45, 2.75) is 12.2 Å². The van der Waals surface area contributed by atoms with Gasteiger partial charge in [-0.2, -0.15) is 13.2 Å². The van der Waals surface area contributed by atoms with E-state index in [0.29, 0.717) is 0 Å². The van der Waals surface area contributed by atoms with Crippen LogP contribution in [0.1, 0.15) is 11.7 Å². The molecule has 0 saturated carbocycles. The number of hydrogen-bond donors (Lipinski definition) is 1. The highest BCUT2D eigenvalue weighted by Crippen LogP contribution is 2.29. The van der Waals surface area contributed by atoms with Crippen LogP contribution in [0, 0.1) is 0 Å². The molecule has 2 N–H and O–H groups in total. The fraction of sp³-hybridized carbons (Fsp3) is 0.286. The minimum absolute atomic E-state index is 0.00259. The van der Waals surface area contributed by atoms with Gasteiger partial charge in [-0.15, -0.1) is 0 Å². The van der Waals surface area contributed by atoms with Crippen LogP contribution in [0.4, 0.5) is 13.2 Å². The third-order valence-corrected chi connectivity index (χ3v) is 1.62. The molecule has 2 nitrogen and oxygen atoms in total. The number of nitrogens with two attached hydrogens (primary N) is 1. The SMILES string of the molecule is N[C@@H](c1cccc(Cl)n1)C(F)(F)F. The maximum Gasteiger partial charge on any atom is 0.409 e. The highest BCUT2D eigenvalue weighted by atomic mass is 35.5. The second kappa shape index (κ2) is 3.51. The number of hydrogen-bond acceptors (Lipinski definition) is 2. The van der Waals surface area contributed by atoms with Gasteiger partial charge < -0.3 is 5.73 Å². The summed E-state index contributed by atoms with van der Waals surface area (Å²) in [7, 11) is 0. The average Bonchev–Trinajstić information content (AvgIpc) is 2.01. The number of aromatic nitrogens is 1. The lowest BCUT2D eigenvalue weighted by molar-refractivity contribution is -0.149. The van der Waals surface area contributed by atoms with Crippen molar-refractivity contribution in [3.05, 3.63) is 29.0 Å². The molecule has 0 aliphatic heterocycles. The Morgan fingerprint density at radius 1 is 1.38 bits per heavy atom. The Morgan fingerprint density at radius 3 is 2.46 bits per heavy atom. The Hall–Kier alpha value is -0.810. The van der Waals surface area contributed by atoms with Gasteiger partial charge in [0.15, 0.2) is 0 Å². The van der Waals surface area contributed by atoms with Crippen LogP contribution in [-0.2, 0) is 0 Å². The molecule has 6 heteroatoms. The van der Waals surface area contributed by atoms with E-state index in [4.69, 9.17) is 17.3 Å². The van der Waals surface area contributed by atoms with Crippen LogP contribution in [0.25, 0.3) is 0 Å². The molecule has 0 radical (unpaired) electrons. The van der Waals surface area contributed by atoms with Gasteiger partial charge >= 0.3 is 6.18 Å². The van der Waals surface area contributed by atoms with Crippen LogP contribution >= 0.6 is 11.6 Å². The summed E-state index contributed by atoms with van der Waals surface area (Å²) in [6.07, 6.45) is -4.49. The summed E-state index contributed by atoms with van der Waals surface area (Å²) in [5.74, 6) is 0. The first-order valence-corrected chi connectivity index (χ1v) is 3.74. The maximum absolute atomic E-state index is 12.1. The summed E-state index contributed by atoms with van der Waals surface area (Å²) in [6, 6.07) is 1.86. The Bertz CT molecular complexity index is 300. The fourth-order valence-corrected chi connectivity index (χ4v) is 0.935. The van der Waals surface area contributed by atoms with E-state index in [2.05, 4.69) is 4.98 Å². The zero-order chi connectivity index (χ0) is 10.1. The van der Waals surface area contributed by atoms with Gasteiger partial charge in [0.05, 0.1) is 5.69 Å². The van der Waals surface area contributed by atoms with Crippen molar-refractivity contribution >= 4 is 11.6 Å². The Labute approximate surface area is 77.5 Å². The van der Waals surface area contributed by atoms with Crippen LogP contribution in [0.2, 0.25) is 5.15 Å². The van der Waals surface area contributed by atoms with Gasteiger partial charge in [-0.3, -0.25) is 0 Å². The van der Waals surface area contributed by atoms with Crippen molar-refractivity contribution in [1.29, 1.82) is 0 Å². The average molecular weight is 211 g/mol. The topological polar surface area (TPSA) is 38.9 Å². The van der Waals surface area contributed by atoms with E-state index < -0.39 is 12.2 Å². The maximum atomic E-state index is 12.1. The van der Waals surface area contributed by atoms with E-state index >= 15 is 0 Å². The molecule has 0 saturated heterocycles. The Balaban J connectivity index is 2.96. The lowest BCUT2D eigenvalue weighted by atomic mass is 10.2. The lowest BCUT2D eigenvalue weighted by Gasteiger charge is -2.14. The number of rotatable bonds is 1. The molecule has 1 heterocycles. The van der Waals surface area contributed by atoms with Crippen molar-refractivity contribution in [3.63, 3.8) is 0 Å². The summed E-state index contributed by atoms with van der Waals surface area (Å²) in [4.78, 5) is 3.46. The summed E-state index contributed by atoms with van der Waals surface area (Å²) < 4.78 is 36.2. The normalized spacial score (nSPS) is 14.2. The fourth-order valence-electron chi connectivity index (χ4n) is 0.765. The zero-order valence-corrected chi connectivity index (χ0v) is 7.10. The molecule has 0 aliphatic rings. The molecular weight excluding hydrogens is 205 g/mol. The molecule has 0 aliphatic carbocycles. The Kier molecular flexibility index (Phi) is 2.77. The highest BCUT2D eigenvalue weighted by Gasteiger charge is 2.38. The molecule has 0 unspecified atom stereocenters. The molecule has 0 amide bonds. The smallest absolute Gasteiger partial charge is 0.315 e. The van der Waals surface area contributed by atoms with Gasteiger partial charge in [0.25, 0.3) is 0 Å². The molecule has 1 aromatic heterocycles. The first-order valence-electron chi connectivity index (χ1n) is 3.36. The largest absolute Gasteiger partial charge is 0.409 e. The van der Waals surface area contributed by atoms with Gasteiger partial charge in [-0.05, 0) is 12.1 Å². The third kappa shape index (κ3) is 2.57. The molecule has 1 atom stereocenters. The predicted molar refractivity (Wildman–Crippen MR) is 42.2 cm³/mol. The van der Waals surface area contributed by atoms with Gasteiger partial charge in [0, 0.05) is 0 Å². The minimum Gasteiger partial charge on any atom is -0.315 e. The molecular formula is C7H6ClF3N2. The third-order valence-electron chi connectivity index (χ3n) is 1.41. The van der Waals surface area contributed by atoms with Gasteiger partial charge in [0.1, 0.15) is 11.2 Å². The van der Waals surface area contributed by atoms with Crippen LogP contribution in [0.5, 0.6) is 0 Å². The molecule has 0 aromatic carbocycles. The van der Waals surface area contributed by atoms with Crippen LogP contribution in [-0.4, -0.2) is 11.2 Å². The first kappa shape index (κ1) is 10.3. The van der Waals surface area contributed by atoms with Crippen molar-refractivity contribution < 1.29 is 13.2 Å². The highest BCUT2D eigenvalue weighted by molar-refractivity contribution is 6.29. The number of pyridine rings is 1. The van der Waals surface area contributed by atoms with E-state index in [1.165, 1.54) is 18.2 Å². The molecule has 1 rings (SSSR count). The number of nitrogens with zero attached hydrogens (tertiary/aromatic N) is 1. The second-order valence-corrected chi connectivity index (χ2v) is 2.79. The minimum atomic E-state index is -4.49. The first-order chi connectivity index (χ1) is 5.91. The van der Waals surface area contributed by atoms with E-state index in [0.717, 1.165) is 0 Å². The Morgan fingerprint density at radius 2 is 2.00 bits per heavy atom. The van der Waals surface area contributed by atoms with Gasteiger partial charge in [-0.25, -0.2) is 4.98 Å². The van der Waals surface area contributed by atoms with E-state index in [9.17, 15) is 13.2 Å². The van der Waals surface area contributed by atoms with Crippen molar-refractivity contribution in [2.24, 2.45) is 5.73 Å². The van der Waals surface area contributed by atoms with Crippen molar-refractivity contribution in [2.75, 3.05) is 0 Å². The molecule has 13 heavy (non-hydrogen) atoms. The number of halogens is 4. The standard InChI is InChI=1S/C7H6ClF3N2/c8-5-3-1-2-4(13-5)6(12)7(9,10)11/h1-3,6H,12H2/t6-/m0/s1. The van der Waals surface area contributed by atoms with Crippen LogP contribution in [0.3, 0.4) is 0 Å². The lowest BCUT2D eigenvalue weighted by Crippen LogP contribution is -2.29. The van der Waals surface area contributed by atoms with Crippen LogP contribution in [0.15, 0.2) is 18.2 Å². The summed E-state index contributed by atoms with van der Waals surface area (Å²) >= 11 is 5.40. The van der Waals surface area contributed by atoms with E-state index in [-0.39, 0.29) is 10.8 Å². The monoisotopic (exact) mass is 210 g/mol. The second-order valence-electron chi connectivity index (χ2n) is 2.40. The predicted octanol–water partition coefficient (Wildman–Crippen LogP) is 2.30. The molecule has 0 bridgehead atoms. The van der Waals surface area contributed by atoms with Crippen molar-refractivity contribution in [1.82, 2.24) is 4.98 Å². The van der Waals surface area contributed by atoms with Gasteiger partial charge in [-0.1, -0.05) is 17.7 Å². The molecule has 72 valence electrons. The van der Waals surface area contributed by atoms with Gasteiger partial charge in [0.2, 0.25) is 0 Å². The van der Waals surface area contributed by atoms with E-state index in [1.54, 1.807) is 0 Å². The summed E-state index contributed by atoms with van der Waals surface area (Å²) in [5.41, 5.74) is 4.62. The molecule has 0 fully saturated rings. The van der Waals surface area contributed by atoms with Crippen LogP contribution < -0.4 is 5.73 Å².